The summed E-state index contributed by atoms with van der Waals surface area (Å²) in [4.78, 5) is 37.7. The Morgan fingerprint density at radius 1 is 0.313 bits per heavy atom. The van der Waals surface area contributed by atoms with Crippen LogP contribution in [-0.2, 0) is 28.6 Å². The Labute approximate surface area is 413 Å². The van der Waals surface area contributed by atoms with E-state index in [1.807, 2.05) is 0 Å². The van der Waals surface area contributed by atoms with Gasteiger partial charge in [-0.1, -0.05) is 234 Å². The number of carbonyl (C=O) groups excluding carboxylic acids is 3. The van der Waals surface area contributed by atoms with Gasteiger partial charge in [0.2, 0.25) is 0 Å². The minimum atomic E-state index is -0.777. The van der Waals surface area contributed by atoms with Crippen LogP contribution in [0.3, 0.4) is 0 Å². The van der Waals surface area contributed by atoms with Crippen molar-refractivity contribution in [3.8, 4) is 0 Å². The van der Waals surface area contributed by atoms with Gasteiger partial charge in [0, 0.05) is 19.3 Å². The molecule has 0 N–H and O–H groups in total. The molecule has 1 unspecified atom stereocenters. The van der Waals surface area contributed by atoms with E-state index in [9.17, 15) is 14.4 Å². The lowest BCUT2D eigenvalue weighted by Gasteiger charge is -2.18. The molecular weight excluding hydrogens is 829 g/mol. The van der Waals surface area contributed by atoms with Crippen molar-refractivity contribution in [3.05, 3.63) is 97.2 Å². The molecule has 0 aliphatic rings. The summed E-state index contributed by atoms with van der Waals surface area (Å²) < 4.78 is 16.7. The van der Waals surface area contributed by atoms with Crippen molar-refractivity contribution >= 4 is 17.9 Å². The molecule has 0 radical (unpaired) electrons. The summed E-state index contributed by atoms with van der Waals surface area (Å²) in [6.45, 7) is 6.38. The van der Waals surface area contributed by atoms with Crippen molar-refractivity contribution in [2.75, 3.05) is 13.2 Å². The van der Waals surface area contributed by atoms with Crippen LogP contribution in [0.25, 0.3) is 0 Å². The Morgan fingerprint density at radius 3 is 0.985 bits per heavy atom. The lowest BCUT2D eigenvalue weighted by molar-refractivity contribution is -0.167. The van der Waals surface area contributed by atoms with Crippen molar-refractivity contribution in [1.29, 1.82) is 0 Å². The van der Waals surface area contributed by atoms with Crippen LogP contribution in [0.15, 0.2) is 97.2 Å². The molecule has 6 heteroatoms. The Bertz CT molecular complexity index is 1350. The van der Waals surface area contributed by atoms with Crippen LogP contribution in [-0.4, -0.2) is 37.2 Å². The molecule has 0 aromatic carbocycles. The number of unbranched alkanes of at least 4 members (excludes halogenated alkanes) is 22. The van der Waals surface area contributed by atoms with Gasteiger partial charge in [-0.2, -0.15) is 0 Å². The molecule has 0 amide bonds. The molecule has 0 heterocycles. The first-order valence-electron chi connectivity index (χ1n) is 27.7. The predicted octanol–water partition coefficient (Wildman–Crippen LogP) is 18.5. The van der Waals surface area contributed by atoms with E-state index >= 15 is 0 Å². The quantitative estimate of drug-likeness (QED) is 0.0262. The van der Waals surface area contributed by atoms with Gasteiger partial charge in [-0.25, -0.2) is 0 Å². The number of rotatable bonds is 49. The molecule has 0 aromatic rings. The molecular formula is C61H102O6. The summed E-state index contributed by atoms with van der Waals surface area (Å²) in [6, 6.07) is 0. The number of hydrogen-bond donors (Lipinski definition) is 0. The van der Waals surface area contributed by atoms with Gasteiger partial charge in [0.25, 0.3) is 0 Å². The standard InChI is InChI=1S/C61H102O6/c1-4-7-10-13-16-18-20-21-22-23-24-25-26-27-28-29-30-31-32-33-34-35-36-37-38-39-40-41-42-44-45-48-51-54-60(63)66-57-58(56-65-59(62)53-50-47-15-12-9-6-3)67-61(64)55-52-49-46-43-19-17-14-11-8-5-2/h7,10-11,14,16,18,21-22,24-25,27-28,30-31,33-34,58H,4-6,8-9,12-13,15,17,19-20,23,26,29,32,35-57H2,1-3H3/b10-7-,14-11-,18-16-,22-21-,25-24-,28-27-,31-30-,34-33-. The van der Waals surface area contributed by atoms with Gasteiger partial charge < -0.3 is 14.2 Å². The van der Waals surface area contributed by atoms with Gasteiger partial charge in [-0.3, -0.25) is 14.4 Å². The van der Waals surface area contributed by atoms with Gasteiger partial charge in [0.1, 0.15) is 13.2 Å². The van der Waals surface area contributed by atoms with E-state index < -0.39 is 6.10 Å². The molecule has 0 saturated heterocycles. The van der Waals surface area contributed by atoms with Gasteiger partial charge >= 0.3 is 17.9 Å². The van der Waals surface area contributed by atoms with Crippen molar-refractivity contribution in [1.82, 2.24) is 0 Å². The van der Waals surface area contributed by atoms with Crippen LogP contribution < -0.4 is 0 Å². The maximum Gasteiger partial charge on any atom is 0.306 e. The maximum absolute atomic E-state index is 12.7. The second-order valence-electron chi connectivity index (χ2n) is 18.1. The summed E-state index contributed by atoms with van der Waals surface area (Å²) in [5.41, 5.74) is 0. The SMILES string of the molecule is CC/C=C\C/C=C\C/C=C\C/C=C\C/C=C\C/C=C\C/C=C\CCCCCCCCCCCCCC(=O)OCC(COC(=O)CCCCCCCC)OC(=O)CCCCCCC/C=C\CCC. The van der Waals surface area contributed by atoms with Crippen LogP contribution in [0, 0.1) is 0 Å². The molecule has 0 saturated carbocycles. The normalized spacial score (nSPS) is 12.8. The number of allylic oxidation sites excluding steroid dienone is 16. The van der Waals surface area contributed by atoms with Crippen LogP contribution in [0.2, 0.25) is 0 Å². The summed E-state index contributed by atoms with van der Waals surface area (Å²) in [5, 5.41) is 0. The lowest BCUT2D eigenvalue weighted by atomic mass is 10.0. The fraction of sp³-hybridized carbons (Fsp3) is 0.689. The highest BCUT2D eigenvalue weighted by Gasteiger charge is 2.19. The van der Waals surface area contributed by atoms with E-state index in [4.69, 9.17) is 14.2 Å². The molecule has 382 valence electrons. The molecule has 0 rings (SSSR count). The molecule has 1 atom stereocenters. The van der Waals surface area contributed by atoms with E-state index in [0.717, 1.165) is 122 Å². The molecule has 0 aliphatic heterocycles. The Balaban J connectivity index is 4.00. The average Bonchev–Trinajstić information content (AvgIpc) is 3.33. The molecule has 0 aromatic heterocycles. The highest BCUT2D eigenvalue weighted by molar-refractivity contribution is 5.71. The zero-order chi connectivity index (χ0) is 48.6. The Kier molecular flexibility index (Phi) is 51.9. The maximum atomic E-state index is 12.7. The minimum absolute atomic E-state index is 0.0805. The van der Waals surface area contributed by atoms with Crippen molar-refractivity contribution in [3.63, 3.8) is 0 Å². The summed E-state index contributed by atoms with van der Waals surface area (Å²) in [7, 11) is 0. The van der Waals surface area contributed by atoms with Crippen LogP contribution in [0.4, 0.5) is 0 Å². The van der Waals surface area contributed by atoms with Gasteiger partial charge in [0.15, 0.2) is 6.10 Å². The Morgan fingerprint density at radius 2 is 0.612 bits per heavy atom. The van der Waals surface area contributed by atoms with Gasteiger partial charge in [-0.05, 0) is 96.3 Å². The van der Waals surface area contributed by atoms with E-state index in [1.54, 1.807) is 0 Å². The highest BCUT2D eigenvalue weighted by Crippen LogP contribution is 2.15. The van der Waals surface area contributed by atoms with Crippen LogP contribution >= 0.6 is 0 Å². The first kappa shape index (κ1) is 63.3. The third kappa shape index (κ3) is 53.2. The summed E-state index contributed by atoms with van der Waals surface area (Å²) >= 11 is 0. The molecule has 0 fully saturated rings. The monoisotopic (exact) mass is 931 g/mol. The topological polar surface area (TPSA) is 78.9 Å². The first-order chi connectivity index (χ1) is 33.0. The fourth-order valence-corrected chi connectivity index (χ4v) is 7.42. The first-order valence-corrected chi connectivity index (χ1v) is 27.7. The smallest absolute Gasteiger partial charge is 0.306 e. The average molecular weight is 931 g/mol. The second kappa shape index (κ2) is 54.9. The lowest BCUT2D eigenvalue weighted by Crippen LogP contribution is -2.30. The van der Waals surface area contributed by atoms with Crippen molar-refractivity contribution in [2.24, 2.45) is 0 Å². The van der Waals surface area contributed by atoms with Gasteiger partial charge in [-0.15, -0.1) is 0 Å². The third-order valence-corrected chi connectivity index (χ3v) is 11.6. The molecule has 0 spiro atoms. The largest absolute Gasteiger partial charge is 0.462 e. The minimum Gasteiger partial charge on any atom is -0.462 e. The van der Waals surface area contributed by atoms with E-state index in [1.165, 1.54) is 89.9 Å². The Hall–Kier alpha value is -3.67. The number of esters is 3. The summed E-state index contributed by atoms with van der Waals surface area (Å²) in [5.74, 6) is -0.906. The highest BCUT2D eigenvalue weighted by atomic mass is 16.6. The summed E-state index contributed by atoms with van der Waals surface area (Å²) in [6.07, 6.45) is 73.0. The molecule has 67 heavy (non-hydrogen) atoms. The van der Waals surface area contributed by atoms with Gasteiger partial charge in [0.05, 0.1) is 0 Å². The number of carbonyl (C=O) groups is 3. The number of hydrogen-bond acceptors (Lipinski definition) is 6. The zero-order valence-electron chi connectivity index (χ0n) is 43.6. The zero-order valence-corrected chi connectivity index (χ0v) is 43.6. The van der Waals surface area contributed by atoms with E-state index in [0.29, 0.717) is 19.3 Å². The van der Waals surface area contributed by atoms with Crippen molar-refractivity contribution < 1.29 is 28.6 Å². The van der Waals surface area contributed by atoms with E-state index in [2.05, 4.69) is 118 Å². The molecule has 0 bridgehead atoms. The number of ether oxygens (including phenoxy) is 3. The second-order valence-corrected chi connectivity index (χ2v) is 18.1. The molecule has 6 nitrogen and oxygen atoms in total. The van der Waals surface area contributed by atoms with E-state index in [-0.39, 0.29) is 31.1 Å². The third-order valence-electron chi connectivity index (χ3n) is 11.6. The molecule has 0 aliphatic carbocycles. The predicted molar refractivity (Wildman–Crippen MR) is 288 cm³/mol. The van der Waals surface area contributed by atoms with Crippen LogP contribution in [0.5, 0.6) is 0 Å². The van der Waals surface area contributed by atoms with Crippen molar-refractivity contribution in [2.45, 2.75) is 258 Å². The fourth-order valence-electron chi connectivity index (χ4n) is 7.42. The van der Waals surface area contributed by atoms with Crippen LogP contribution in [0.1, 0.15) is 252 Å².